The topological polar surface area (TPSA) is 89.6 Å². The van der Waals surface area contributed by atoms with Gasteiger partial charge in [0.25, 0.3) is 5.91 Å². The smallest absolute Gasteiger partial charge is 0.262 e. The number of ether oxygens (including phenoxy) is 4. The van der Waals surface area contributed by atoms with Gasteiger partial charge in [-0.05, 0) is 24.3 Å². The Hall–Kier alpha value is -3.62. The van der Waals surface area contributed by atoms with Crippen LogP contribution in [0.25, 0.3) is 0 Å². The van der Waals surface area contributed by atoms with Gasteiger partial charge in [0.2, 0.25) is 11.7 Å². The van der Waals surface area contributed by atoms with Crippen LogP contribution in [0.5, 0.6) is 23.0 Å². The van der Waals surface area contributed by atoms with Gasteiger partial charge < -0.3 is 34.1 Å². The van der Waals surface area contributed by atoms with E-state index in [0.717, 1.165) is 18.8 Å². The number of hydrogen-bond acceptors (Lipinski definition) is 7. The lowest BCUT2D eigenvalue weighted by molar-refractivity contribution is -0.129. The Kier molecular flexibility index (Phi) is 7.64. The minimum absolute atomic E-state index is 0.109. The first kappa shape index (κ1) is 23.1. The van der Waals surface area contributed by atoms with E-state index >= 15 is 0 Å². The van der Waals surface area contributed by atoms with Crippen molar-refractivity contribution in [2.45, 2.75) is 6.92 Å². The van der Waals surface area contributed by atoms with Gasteiger partial charge in [-0.2, -0.15) is 0 Å². The zero-order chi connectivity index (χ0) is 23.1. The zero-order valence-corrected chi connectivity index (χ0v) is 18.8. The van der Waals surface area contributed by atoms with Crippen molar-refractivity contribution < 1.29 is 28.5 Å². The number of piperazine rings is 1. The van der Waals surface area contributed by atoms with Crippen LogP contribution in [0.1, 0.15) is 6.92 Å². The molecular formula is C23H29N3O6. The summed E-state index contributed by atoms with van der Waals surface area (Å²) < 4.78 is 21.5. The summed E-state index contributed by atoms with van der Waals surface area (Å²) in [6, 6.07) is 10.9. The van der Waals surface area contributed by atoms with Crippen LogP contribution in [-0.2, 0) is 9.59 Å². The molecule has 1 aliphatic rings. The van der Waals surface area contributed by atoms with Gasteiger partial charge >= 0.3 is 0 Å². The molecule has 1 N–H and O–H groups in total. The first-order valence-electron chi connectivity index (χ1n) is 10.3. The van der Waals surface area contributed by atoms with Gasteiger partial charge in [-0.3, -0.25) is 9.59 Å². The number of nitrogens with zero attached hydrogens (tertiary/aromatic N) is 2. The Morgan fingerprint density at radius 3 is 2.00 bits per heavy atom. The Morgan fingerprint density at radius 1 is 0.906 bits per heavy atom. The van der Waals surface area contributed by atoms with Gasteiger partial charge in [-0.1, -0.05) is 0 Å². The Morgan fingerprint density at radius 2 is 1.50 bits per heavy atom. The number of carbonyl (C=O) groups is 2. The van der Waals surface area contributed by atoms with E-state index in [1.807, 2.05) is 29.2 Å². The number of nitrogens with one attached hydrogen (secondary N) is 1. The molecule has 1 heterocycles. The number of methoxy groups -OCH3 is 3. The number of hydrogen-bond donors (Lipinski definition) is 1. The first-order chi connectivity index (χ1) is 15.4. The van der Waals surface area contributed by atoms with Crippen LogP contribution in [0.3, 0.4) is 0 Å². The quantitative estimate of drug-likeness (QED) is 0.670. The number of amides is 2. The Bertz CT molecular complexity index is 914. The standard InChI is InChI=1S/C23H29N3O6/c1-16(27)25-9-11-26(12-10-25)18-5-7-19(8-6-18)32-15-22(28)24-17-13-20(29-2)23(31-4)21(14-17)30-3/h5-8,13-14H,9-12,15H2,1-4H3,(H,24,28). The fourth-order valence-electron chi connectivity index (χ4n) is 3.53. The van der Waals surface area contributed by atoms with E-state index in [2.05, 4.69) is 10.2 Å². The van der Waals surface area contributed by atoms with Crippen molar-refractivity contribution in [2.75, 3.05) is 64.3 Å². The van der Waals surface area contributed by atoms with Crippen LogP contribution in [0.15, 0.2) is 36.4 Å². The molecule has 2 aromatic rings. The molecule has 1 saturated heterocycles. The molecule has 3 rings (SSSR count). The Balaban J connectivity index is 1.54. The zero-order valence-electron chi connectivity index (χ0n) is 18.8. The second-order valence-electron chi connectivity index (χ2n) is 7.24. The summed E-state index contributed by atoms with van der Waals surface area (Å²) in [7, 11) is 4.54. The van der Waals surface area contributed by atoms with E-state index < -0.39 is 0 Å². The lowest BCUT2D eigenvalue weighted by Crippen LogP contribution is -2.48. The molecule has 172 valence electrons. The van der Waals surface area contributed by atoms with Crippen molar-refractivity contribution in [3.8, 4) is 23.0 Å². The number of benzene rings is 2. The van der Waals surface area contributed by atoms with Gasteiger partial charge in [-0.15, -0.1) is 0 Å². The normalized spacial score (nSPS) is 13.4. The highest BCUT2D eigenvalue weighted by molar-refractivity contribution is 5.92. The SMILES string of the molecule is COc1cc(NC(=O)COc2ccc(N3CCN(C(C)=O)CC3)cc2)cc(OC)c1OC. The van der Waals surface area contributed by atoms with E-state index in [1.54, 1.807) is 19.1 Å². The van der Waals surface area contributed by atoms with Gasteiger partial charge in [0.15, 0.2) is 18.1 Å². The lowest BCUT2D eigenvalue weighted by atomic mass is 10.2. The summed E-state index contributed by atoms with van der Waals surface area (Å²) in [5.41, 5.74) is 1.57. The summed E-state index contributed by atoms with van der Waals surface area (Å²) in [6.45, 7) is 4.46. The molecule has 2 amide bonds. The second-order valence-corrected chi connectivity index (χ2v) is 7.24. The highest BCUT2D eigenvalue weighted by Gasteiger charge is 2.19. The lowest BCUT2D eigenvalue weighted by Gasteiger charge is -2.35. The van der Waals surface area contributed by atoms with E-state index in [4.69, 9.17) is 18.9 Å². The summed E-state index contributed by atoms with van der Waals surface area (Å²) in [5, 5.41) is 2.77. The molecule has 0 atom stereocenters. The summed E-state index contributed by atoms with van der Waals surface area (Å²) in [6.07, 6.45) is 0. The van der Waals surface area contributed by atoms with Crippen LogP contribution in [0, 0.1) is 0 Å². The highest BCUT2D eigenvalue weighted by Crippen LogP contribution is 2.39. The predicted octanol–water partition coefficient (Wildman–Crippen LogP) is 2.40. The predicted molar refractivity (Wildman–Crippen MR) is 121 cm³/mol. The molecular weight excluding hydrogens is 414 g/mol. The van der Waals surface area contributed by atoms with Crippen molar-refractivity contribution >= 4 is 23.2 Å². The first-order valence-corrected chi connectivity index (χ1v) is 10.3. The molecule has 1 aliphatic heterocycles. The van der Waals surface area contributed by atoms with E-state index in [0.29, 0.717) is 41.8 Å². The van der Waals surface area contributed by atoms with Crippen molar-refractivity contribution in [3.63, 3.8) is 0 Å². The molecule has 32 heavy (non-hydrogen) atoms. The molecule has 0 spiro atoms. The maximum Gasteiger partial charge on any atom is 0.262 e. The van der Waals surface area contributed by atoms with Crippen molar-refractivity contribution in [1.82, 2.24) is 4.90 Å². The molecule has 0 saturated carbocycles. The number of rotatable bonds is 8. The molecule has 1 fully saturated rings. The largest absolute Gasteiger partial charge is 0.493 e. The van der Waals surface area contributed by atoms with Crippen LogP contribution in [-0.4, -0.2) is 70.8 Å². The highest BCUT2D eigenvalue weighted by atomic mass is 16.5. The molecule has 2 aromatic carbocycles. The summed E-state index contributed by atoms with van der Waals surface area (Å²) in [5.74, 6) is 1.73. The van der Waals surface area contributed by atoms with Crippen molar-refractivity contribution in [3.05, 3.63) is 36.4 Å². The number of anilines is 2. The number of carbonyl (C=O) groups excluding carboxylic acids is 2. The maximum atomic E-state index is 12.4. The molecule has 9 nitrogen and oxygen atoms in total. The minimum atomic E-state index is -0.316. The van der Waals surface area contributed by atoms with Crippen LogP contribution < -0.4 is 29.2 Å². The van der Waals surface area contributed by atoms with E-state index in [1.165, 1.54) is 21.3 Å². The average Bonchev–Trinajstić information content (AvgIpc) is 2.82. The van der Waals surface area contributed by atoms with Crippen molar-refractivity contribution in [1.29, 1.82) is 0 Å². The molecule has 0 bridgehead atoms. The van der Waals surface area contributed by atoms with Crippen LogP contribution >= 0.6 is 0 Å². The van der Waals surface area contributed by atoms with Crippen molar-refractivity contribution in [2.24, 2.45) is 0 Å². The third kappa shape index (κ3) is 5.54. The van der Waals surface area contributed by atoms with Gasteiger partial charge in [0, 0.05) is 56.6 Å². The maximum absolute atomic E-state index is 12.4. The summed E-state index contributed by atoms with van der Waals surface area (Å²) >= 11 is 0. The molecule has 0 aromatic heterocycles. The molecule has 0 unspecified atom stereocenters. The molecule has 0 aliphatic carbocycles. The fourth-order valence-corrected chi connectivity index (χ4v) is 3.53. The van der Waals surface area contributed by atoms with Gasteiger partial charge in [0.1, 0.15) is 5.75 Å². The monoisotopic (exact) mass is 443 g/mol. The van der Waals surface area contributed by atoms with Crippen LogP contribution in [0.4, 0.5) is 11.4 Å². The average molecular weight is 444 g/mol. The van der Waals surface area contributed by atoms with E-state index in [-0.39, 0.29) is 18.4 Å². The molecule has 9 heteroatoms. The van der Waals surface area contributed by atoms with Gasteiger partial charge in [0.05, 0.1) is 21.3 Å². The fraction of sp³-hybridized carbons (Fsp3) is 0.391. The third-order valence-corrected chi connectivity index (χ3v) is 5.25. The minimum Gasteiger partial charge on any atom is -0.493 e. The Labute approximate surface area is 187 Å². The third-order valence-electron chi connectivity index (χ3n) is 5.25. The molecule has 0 radical (unpaired) electrons. The summed E-state index contributed by atoms with van der Waals surface area (Å²) in [4.78, 5) is 27.9. The van der Waals surface area contributed by atoms with Crippen LogP contribution in [0.2, 0.25) is 0 Å². The second kappa shape index (κ2) is 10.6. The van der Waals surface area contributed by atoms with Gasteiger partial charge in [-0.25, -0.2) is 0 Å². The van der Waals surface area contributed by atoms with E-state index in [9.17, 15) is 9.59 Å².